The number of amides is 1. The summed E-state index contributed by atoms with van der Waals surface area (Å²) < 4.78 is 36.6. The van der Waals surface area contributed by atoms with Gasteiger partial charge in [0, 0.05) is 6.54 Å². The monoisotopic (exact) mass is 418 g/mol. The van der Waals surface area contributed by atoms with E-state index in [1.807, 2.05) is 37.3 Å². The number of hydrogen-bond acceptors (Lipinski definition) is 5. The molecule has 29 heavy (non-hydrogen) atoms. The maximum absolute atomic E-state index is 12.6. The van der Waals surface area contributed by atoms with E-state index in [0.717, 1.165) is 36.0 Å². The second-order valence-corrected chi connectivity index (χ2v) is 9.02. The molecule has 1 amide bonds. The highest BCUT2D eigenvalue weighted by atomic mass is 32.2. The molecule has 1 aliphatic heterocycles. The van der Waals surface area contributed by atoms with E-state index in [-0.39, 0.29) is 12.5 Å². The van der Waals surface area contributed by atoms with Crippen molar-refractivity contribution in [1.29, 1.82) is 0 Å². The van der Waals surface area contributed by atoms with Gasteiger partial charge in [0.15, 0.2) is 6.10 Å². The average Bonchev–Trinajstić information content (AvgIpc) is 2.70. The van der Waals surface area contributed by atoms with Gasteiger partial charge in [0.2, 0.25) is 10.0 Å². The van der Waals surface area contributed by atoms with Crippen LogP contribution in [0.5, 0.6) is 11.5 Å². The van der Waals surface area contributed by atoms with Crippen molar-refractivity contribution in [2.45, 2.75) is 25.9 Å². The van der Waals surface area contributed by atoms with Gasteiger partial charge in [-0.15, -0.1) is 0 Å². The van der Waals surface area contributed by atoms with E-state index in [1.165, 1.54) is 4.31 Å². The highest BCUT2D eigenvalue weighted by Crippen LogP contribution is 2.35. The smallest absolute Gasteiger partial charge is 0.263 e. The van der Waals surface area contributed by atoms with Gasteiger partial charge in [0.25, 0.3) is 5.91 Å². The normalized spacial score (nSPS) is 16.0. The fourth-order valence-electron chi connectivity index (χ4n) is 3.22. The number of nitrogens with zero attached hydrogens (tertiary/aromatic N) is 1. The zero-order valence-electron chi connectivity index (χ0n) is 16.8. The van der Waals surface area contributed by atoms with Gasteiger partial charge in [-0.05, 0) is 55.2 Å². The van der Waals surface area contributed by atoms with Crippen LogP contribution in [0.1, 0.15) is 17.5 Å². The third-order valence-corrected chi connectivity index (χ3v) is 5.92. The molecule has 0 saturated carbocycles. The lowest BCUT2D eigenvalue weighted by molar-refractivity contribution is -0.127. The Morgan fingerprint density at radius 3 is 2.62 bits per heavy atom. The summed E-state index contributed by atoms with van der Waals surface area (Å²) in [6.45, 7) is 2.31. The van der Waals surface area contributed by atoms with Crippen molar-refractivity contribution in [3.8, 4) is 11.5 Å². The zero-order chi connectivity index (χ0) is 21.0. The third kappa shape index (κ3) is 5.20. The van der Waals surface area contributed by atoms with Crippen LogP contribution in [0, 0.1) is 6.92 Å². The molecule has 0 fully saturated rings. The summed E-state index contributed by atoms with van der Waals surface area (Å²) in [5.74, 6) is 0.882. The maximum Gasteiger partial charge on any atom is 0.263 e. The fourth-order valence-corrected chi connectivity index (χ4v) is 4.13. The molecule has 2 aromatic carbocycles. The van der Waals surface area contributed by atoms with Crippen molar-refractivity contribution in [3.05, 3.63) is 53.6 Å². The molecule has 0 bridgehead atoms. The molecule has 0 radical (unpaired) electrons. The number of sulfonamides is 1. The lowest BCUT2D eigenvalue weighted by Gasteiger charge is -2.34. The molecule has 0 aromatic heterocycles. The SMILES string of the molecule is COc1ccc(CCCNC(=O)[C@H]2CN(S(C)(=O)=O)c3cc(C)ccc3O2)cc1. The van der Waals surface area contributed by atoms with E-state index in [0.29, 0.717) is 18.0 Å². The van der Waals surface area contributed by atoms with Gasteiger partial charge in [-0.3, -0.25) is 9.10 Å². The highest BCUT2D eigenvalue weighted by molar-refractivity contribution is 7.92. The lowest BCUT2D eigenvalue weighted by Crippen LogP contribution is -2.50. The second-order valence-electron chi connectivity index (χ2n) is 7.11. The Morgan fingerprint density at radius 1 is 1.24 bits per heavy atom. The van der Waals surface area contributed by atoms with Crippen LogP contribution < -0.4 is 19.1 Å². The summed E-state index contributed by atoms with van der Waals surface area (Å²) in [6, 6.07) is 13.1. The Labute approximate surface area is 171 Å². The van der Waals surface area contributed by atoms with Gasteiger partial charge in [-0.1, -0.05) is 18.2 Å². The molecule has 1 aliphatic rings. The van der Waals surface area contributed by atoms with Crippen LogP contribution in [0.3, 0.4) is 0 Å². The van der Waals surface area contributed by atoms with Crippen LogP contribution in [-0.2, 0) is 21.2 Å². The number of rotatable bonds is 7. The van der Waals surface area contributed by atoms with Crippen LogP contribution in [0.25, 0.3) is 0 Å². The number of carbonyl (C=O) groups is 1. The summed E-state index contributed by atoms with van der Waals surface area (Å²) in [6.07, 6.45) is 1.82. The Balaban J connectivity index is 1.58. The standard InChI is InChI=1S/C21H26N2O5S/c1-15-6-11-19-18(13-15)23(29(3,25)26)14-20(28-19)21(24)22-12-4-5-16-7-9-17(27-2)10-8-16/h6-11,13,20H,4-5,12,14H2,1-3H3,(H,22,24)/t20-/m1/s1. The topological polar surface area (TPSA) is 84.9 Å². The summed E-state index contributed by atoms with van der Waals surface area (Å²) in [7, 11) is -1.90. The first-order valence-corrected chi connectivity index (χ1v) is 11.3. The number of aryl methyl sites for hydroxylation is 2. The fraction of sp³-hybridized carbons (Fsp3) is 0.381. The first kappa shape index (κ1) is 21.0. The average molecular weight is 419 g/mol. The molecule has 1 atom stereocenters. The summed E-state index contributed by atoms with van der Waals surface area (Å²) in [5, 5.41) is 2.85. The van der Waals surface area contributed by atoms with Gasteiger partial charge < -0.3 is 14.8 Å². The minimum atomic E-state index is -3.53. The molecule has 0 aliphatic carbocycles. The minimum Gasteiger partial charge on any atom is -0.497 e. The third-order valence-electron chi connectivity index (χ3n) is 4.78. The molecule has 0 saturated heterocycles. The molecule has 0 spiro atoms. The summed E-state index contributed by atoms with van der Waals surface area (Å²) in [4.78, 5) is 12.6. The van der Waals surface area contributed by atoms with Crippen molar-refractivity contribution >= 4 is 21.6 Å². The molecule has 7 nitrogen and oxygen atoms in total. The quantitative estimate of drug-likeness (QED) is 0.698. The highest BCUT2D eigenvalue weighted by Gasteiger charge is 2.34. The van der Waals surface area contributed by atoms with Gasteiger partial charge in [0.05, 0.1) is 25.6 Å². The van der Waals surface area contributed by atoms with E-state index in [9.17, 15) is 13.2 Å². The summed E-state index contributed by atoms with van der Waals surface area (Å²) >= 11 is 0. The van der Waals surface area contributed by atoms with E-state index < -0.39 is 16.1 Å². The number of nitrogens with one attached hydrogen (secondary N) is 1. The van der Waals surface area contributed by atoms with Crippen molar-refractivity contribution in [3.63, 3.8) is 0 Å². The van der Waals surface area contributed by atoms with Crippen LogP contribution in [0.2, 0.25) is 0 Å². The molecule has 2 aromatic rings. The Hall–Kier alpha value is -2.74. The van der Waals surface area contributed by atoms with E-state index in [4.69, 9.17) is 9.47 Å². The zero-order valence-corrected chi connectivity index (χ0v) is 17.7. The molecule has 0 unspecified atom stereocenters. The first-order valence-electron chi connectivity index (χ1n) is 9.43. The number of anilines is 1. The summed E-state index contributed by atoms with van der Waals surface area (Å²) in [5.41, 5.74) is 2.54. The molecular formula is C21H26N2O5S. The van der Waals surface area contributed by atoms with Gasteiger partial charge in [-0.2, -0.15) is 0 Å². The van der Waals surface area contributed by atoms with Crippen molar-refractivity contribution in [2.24, 2.45) is 0 Å². The van der Waals surface area contributed by atoms with E-state index in [2.05, 4.69) is 5.32 Å². The van der Waals surface area contributed by atoms with Crippen LogP contribution in [-0.4, -0.2) is 46.9 Å². The largest absolute Gasteiger partial charge is 0.497 e. The van der Waals surface area contributed by atoms with Crippen LogP contribution in [0.4, 0.5) is 5.69 Å². The lowest BCUT2D eigenvalue weighted by atomic mass is 10.1. The molecule has 1 heterocycles. The number of hydrogen-bond donors (Lipinski definition) is 1. The molecular weight excluding hydrogens is 392 g/mol. The minimum absolute atomic E-state index is 0.0421. The van der Waals surface area contributed by atoms with Crippen LogP contribution in [0.15, 0.2) is 42.5 Å². The van der Waals surface area contributed by atoms with Crippen molar-refractivity contribution in [1.82, 2.24) is 5.32 Å². The van der Waals surface area contributed by atoms with Crippen molar-refractivity contribution in [2.75, 3.05) is 30.8 Å². The Morgan fingerprint density at radius 2 is 1.97 bits per heavy atom. The predicted molar refractivity (Wildman–Crippen MR) is 112 cm³/mol. The molecule has 156 valence electrons. The molecule has 1 N–H and O–H groups in total. The van der Waals surface area contributed by atoms with E-state index >= 15 is 0 Å². The molecule has 8 heteroatoms. The maximum atomic E-state index is 12.6. The number of ether oxygens (including phenoxy) is 2. The Bertz CT molecular complexity index is 973. The second kappa shape index (κ2) is 8.73. The van der Waals surface area contributed by atoms with Crippen LogP contribution >= 0.6 is 0 Å². The number of methoxy groups -OCH3 is 1. The van der Waals surface area contributed by atoms with Gasteiger partial charge >= 0.3 is 0 Å². The predicted octanol–water partition coefficient (Wildman–Crippen LogP) is 2.28. The van der Waals surface area contributed by atoms with Crippen molar-refractivity contribution < 1.29 is 22.7 Å². The first-order chi connectivity index (χ1) is 13.8. The van der Waals surface area contributed by atoms with Gasteiger partial charge in [0.1, 0.15) is 11.5 Å². The molecule has 3 rings (SSSR count). The number of benzene rings is 2. The Kier molecular flexibility index (Phi) is 6.32. The number of fused-ring (bicyclic) bond motifs is 1. The number of carbonyl (C=O) groups excluding carboxylic acids is 1. The van der Waals surface area contributed by atoms with E-state index in [1.54, 1.807) is 19.2 Å². The van der Waals surface area contributed by atoms with Gasteiger partial charge in [-0.25, -0.2) is 8.42 Å².